The Morgan fingerprint density at radius 2 is 1.62 bits per heavy atom. The zero-order chi connectivity index (χ0) is 15.5. The predicted molar refractivity (Wildman–Crippen MR) is 85.8 cm³/mol. The molecule has 0 bridgehead atoms. The number of ketones is 1. The third-order valence-electron chi connectivity index (χ3n) is 3.63. The first kappa shape index (κ1) is 15.1. The highest BCUT2D eigenvalue weighted by molar-refractivity contribution is 6.03. The first-order valence-electron chi connectivity index (χ1n) is 7.09. The fourth-order valence-corrected chi connectivity index (χ4v) is 2.26. The van der Waals surface area contributed by atoms with E-state index in [9.17, 15) is 4.79 Å². The van der Waals surface area contributed by atoms with Crippen LogP contribution in [0.4, 0.5) is 5.69 Å². The second-order valence-corrected chi connectivity index (χ2v) is 5.53. The van der Waals surface area contributed by atoms with Crippen molar-refractivity contribution in [3.8, 4) is 5.75 Å². The van der Waals surface area contributed by atoms with Crippen molar-refractivity contribution in [3.05, 3.63) is 59.7 Å². The van der Waals surface area contributed by atoms with Crippen molar-refractivity contribution in [3.63, 3.8) is 0 Å². The molecule has 110 valence electrons. The highest BCUT2D eigenvalue weighted by atomic mass is 16.5. The van der Waals surface area contributed by atoms with Crippen LogP contribution < -0.4 is 10.5 Å². The van der Waals surface area contributed by atoms with Gasteiger partial charge in [0, 0.05) is 11.3 Å². The molecule has 0 atom stereocenters. The van der Waals surface area contributed by atoms with Crippen LogP contribution in [0.5, 0.6) is 5.75 Å². The van der Waals surface area contributed by atoms with Gasteiger partial charge >= 0.3 is 0 Å². The molecular formula is C18H21NO2. The number of carbonyl (C=O) groups is 1. The fraction of sp³-hybridized carbons (Fsp3) is 0.278. The van der Waals surface area contributed by atoms with Gasteiger partial charge in [-0.3, -0.25) is 4.79 Å². The van der Waals surface area contributed by atoms with Crippen LogP contribution in [0.25, 0.3) is 0 Å². The number of carbonyl (C=O) groups excluding carboxylic acids is 1. The molecule has 2 aromatic rings. The largest absolute Gasteiger partial charge is 0.494 e. The van der Waals surface area contributed by atoms with Crippen LogP contribution in [0.2, 0.25) is 0 Å². The number of hydrogen-bond donors (Lipinski definition) is 1. The Labute approximate surface area is 125 Å². The molecule has 0 radical (unpaired) electrons. The Morgan fingerprint density at radius 3 is 2.14 bits per heavy atom. The summed E-state index contributed by atoms with van der Waals surface area (Å²) in [6, 6.07) is 14.7. The molecule has 0 aliphatic rings. The molecule has 0 saturated carbocycles. The van der Waals surface area contributed by atoms with Gasteiger partial charge in [-0.2, -0.15) is 0 Å². The van der Waals surface area contributed by atoms with E-state index < -0.39 is 5.41 Å². The van der Waals surface area contributed by atoms with Crippen molar-refractivity contribution < 1.29 is 9.53 Å². The molecule has 2 rings (SSSR count). The number of anilines is 1. The van der Waals surface area contributed by atoms with E-state index in [2.05, 4.69) is 0 Å². The van der Waals surface area contributed by atoms with Crippen molar-refractivity contribution in [2.75, 3.05) is 12.3 Å². The van der Waals surface area contributed by atoms with E-state index in [1.54, 1.807) is 0 Å². The highest BCUT2D eigenvalue weighted by Gasteiger charge is 2.30. The van der Waals surface area contributed by atoms with Gasteiger partial charge in [-0.05, 0) is 62.7 Å². The maximum atomic E-state index is 12.7. The molecule has 0 amide bonds. The number of hydrogen-bond acceptors (Lipinski definition) is 3. The molecule has 2 N–H and O–H groups in total. The van der Waals surface area contributed by atoms with Crippen LogP contribution in [0.1, 0.15) is 36.7 Å². The van der Waals surface area contributed by atoms with Crippen LogP contribution >= 0.6 is 0 Å². The minimum Gasteiger partial charge on any atom is -0.494 e. The summed E-state index contributed by atoms with van der Waals surface area (Å²) in [5.74, 6) is 0.856. The Bertz CT molecular complexity index is 613. The molecule has 0 heterocycles. The number of benzene rings is 2. The minimum absolute atomic E-state index is 0.0790. The summed E-state index contributed by atoms with van der Waals surface area (Å²) in [5.41, 5.74) is 7.44. The Balaban J connectivity index is 2.26. The van der Waals surface area contributed by atoms with E-state index in [0.717, 1.165) is 11.3 Å². The van der Waals surface area contributed by atoms with Gasteiger partial charge in [0.05, 0.1) is 12.0 Å². The molecule has 0 aliphatic heterocycles. The molecule has 0 unspecified atom stereocenters. The van der Waals surface area contributed by atoms with Crippen LogP contribution in [0.15, 0.2) is 48.5 Å². The van der Waals surface area contributed by atoms with E-state index in [1.165, 1.54) is 0 Å². The molecular weight excluding hydrogens is 262 g/mol. The number of nitrogens with two attached hydrogens (primary N) is 1. The second-order valence-electron chi connectivity index (χ2n) is 5.53. The molecule has 0 aromatic heterocycles. The van der Waals surface area contributed by atoms with Crippen LogP contribution in [0.3, 0.4) is 0 Å². The zero-order valence-electron chi connectivity index (χ0n) is 12.7. The van der Waals surface area contributed by atoms with E-state index in [-0.39, 0.29) is 5.78 Å². The topological polar surface area (TPSA) is 52.3 Å². The van der Waals surface area contributed by atoms with E-state index in [4.69, 9.17) is 10.5 Å². The fourth-order valence-electron chi connectivity index (χ4n) is 2.26. The molecule has 0 spiro atoms. The number of nitrogen functional groups attached to an aromatic ring is 1. The Hall–Kier alpha value is -2.29. The summed E-state index contributed by atoms with van der Waals surface area (Å²) in [6.45, 7) is 6.40. The van der Waals surface area contributed by atoms with Crippen molar-refractivity contribution in [1.29, 1.82) is 0 Å². The van der Waals surface area contributed by atoms with Crippen LogP contribution in [-0.4, -0.2) is 12.4 Å². The van der Waals surface area contributed by atoms with Gasteiger partial charge in [0.15, 0.2) is 5.78 Å². The summed E-state index contributed by atoms with van der Waals surface area (Å²) in [5, 5.41) is 0. The van der Waals surface area contributed by atoms with Gasteiger partial charge in [0.2, 0.25) is 0 Å². The average molecular weight is 283 g/mol. The summed E-state index contributed by atoms with van der Waals surface area (Å²) in [7, 11) is 0. The molecule has 21 heavy (non-hydrogen) atoms. The van der Waals surface area contributed by atoms with Gasteiger partial charge < -0.3 is 10.5 Å². The normalized spacial score (nSPS) is 11.2. The van der Waals surface area contributed by atoms with Crippen molar-refractivity contribution in [2.24, 2.45) is 0 Å². The van der Waals surface area contributed by atoms with Gasteiger partial charge in [-0.15, -0.1) is 0 Å². The molecule has 2 aromatic carbocycles. The lowest BCUT2D eigenvalue weighted by Gasteiger charge is -2.24. The molecule has 3 heteroatoms. The molecule has 0 aliphatic carbocycles. The Morgan fingerprint density at radius 1 is 1.05 bits per heavy atom. The number of Topliss-reactive ketones (excluding diaryl/α,β-unsaturated/α-hetero) is 1. The SMILES string of the molecule is CCOc1ccc(C(=O)C(C)(C)c2ccc(N)cc2)cc1. The summed E-state index contributed by atoms with van der Waals surface area (Å²) < 4.78 is 5.40. The first-order valence-corrected chi connectivity index (χ1v) is 7.09. The lowest BCUT2D eigenvalue weighted by Crippen LogP contribution is -2.29. The summed E-state index contributed by atoms with van der Waals surface area (Å²) >= 11 is 0. The monoisotopic (exact) mass is 283 g/mol. The lowest BCUT2D eigenvalue weighted by molar-refractivity contribution is 0.0908. The molecule has 3 nitrogen and oxygen atoms in total. The highest BCUT2D eigenvalue weighted by Crippen LogP contribution is 2.29. The number of rotatable bonds is 5. The summed E-state index contributed by atoms with van der Waals surface area (Å²) in [4.78, 5) is 12.7. The summed E-state index contributed by atoms with van der Waals surface area (Å²) in [6.07, 6.45) is 0. The molecule has 0 saturated heterocycles. The first-order chi connectivity index (χ1) is 9.95. The lowest BCUT2D eigenvalue weighted by atomic mass is 9.78. The standard InChI is InChI=1S/C18H21NO2/c1-4-21-16-11-5-13(6-12-16)17(20)18(2,3)14-7-9-15(19)10-8-14/h5-12H,4,19H2,1-3H3. The maximum absolute atomic E-state index is 12.7. The maximum Gasteiger partial charge on any atom is 0.172 e. The van der Waals surface area contributed by atoms with Gasteiger partial charge in [0.1, 0.15) is 5.75 Å². The van der Waals surface area contributed by atoms with Crippen LogP contribution in [-0.2, 0) is 5.41 Å². The van der Waals surface area contributed by atoms with Crippen molar-refractivity contribution in [2.45, 2.75) is 26.2 Å². The predicted octanol–water partition coefficient (Wildman–Crippen LogP) is 3.83. The van der Waals surface area contributed by atoms with Gasteiger partial charge in [0.25, 0.3) is 0 Å². The van der Waals surface area contributed by atoms with Crippen molar-refractivity contribution in [1.82, 2.24) is 0 Å². The van der Waals surface area contributed by atoms with Gasteiger partial charge in [-0.1, -0.05) is 12.1 Å². The molecule has 0 fully saturated rings. The number of ether oxygens (including phenoxy) is 1. The average Bonchev–Trinajstić information content (AvgIpc) is 2.48. The quantitative estimate of drug-likeness (QED) is 0.670. The Kier molecular flexibility index (Phi) is 4.32. The third-order valence-corrected chi connectivity index (χ3v) is 3.63. The van der Waals surface area contributed by atoms with Crippen molar-refractivity contribution >= 4 is 11.5 Å². The zero-order valence-corrected chi connectivity index (χ0v) is 12.7. The van der Waals surface area contributed by atoms with E-state index >= 15 is 0 Å². The third kappa shape index (κ3) is 3.24. The van der Waals surface area contributed by atoms with E-state index in [0.29, 0.717) is 17.9 Å². The smallest absolute Gasteiger partial charge is 0.172 e. The van der Waals surface area contributed by atoms with E-state index in [1.807, 2.05) is 69.3 Å². The van der Waals surface area contributed by atoms with Crippen LogP contribution in [0, 0.1) is 0 Å². The van der Waals surface area contributed by atoms with Gasteiger partial charge in [-0.25, -0.2) is 0 Å². The second kappa shape index (κ2) is 6.00. The minimum atomic E-state index is -0.596.